The molecule has 0 aliphatic carbocycles. The third kappa shape index (κ3) is 1.61. The van der Waals surface area contributed by atoms with Crippen molar-refractivity contribution in [3.8, 4) is 11.5 Å². The molecule has 0 spiro atoms. The van der Waals surface area contributed by atoms with E-state index in [-0.39, 0.29) is 17.1 Å². The minimum absolute atomic E-state index is 0.0305. The molecular formula is C9H9FO3. The zero-order valence-corrected chi connectivity index (χ0v) is 7.33. The quantitative estimate of drug-likeness (QED) is 0.670. The third-order valence-corrected chi connectivity index (χ3v) is 1.66. The Balaban J connectivity index is 3.31. The van der Waals surface area contributed by atoms with Gasteiger partial charge in [-0.2, -0.15) is 0 Å². The van der Waals surface area contributed by atoms with E-state index in [1.54, 1.807) is 0 Å². The van der Waals surface area contributed by atoms with Crippen molar-refractivity contribution in [1.82, 2.24) is 0 Å². The fraction of sp³-hybridized carbons (Fsp3) is 0.222. The van der Waals surface area contributed by atoms with E-state index in [1.807, 2.05) is 0 Å². The Morgan fingerprint density at radius 2 is 1.77 bits per heavy atom. The van der Waals surface area contributed by atoms with Gasteiger partial charge in [0.15, 0.2) is 17.9 Å². The number of hydrogen-bond acceptors (Lipinski definition) is 3. The van der Waals surface area contributed by atoms with E-state index in [0.717, 1.165) is 0 Å². The average molecular weight is 184 g/mol. The van der Waals surface area contributed by atoms with Crippen LogP contribution in [0.15, 0.2) is 12.1 Å². The summed E-state index contributed by atoms with van der Waals surface area (Å²) in [7, 11) is 2.70. The van der Waals surface area contributed by atoms with Crippen LogP contribution in [-0.2, 0) is 0 Å². The maximum Gasteiger partial charge on any atom is 0.179 e. The highest BCUT2D eigenvalue weighted by Crippen LogP contribution is 2.26. The zero-order valence-electron chi connectivity index (χ0n) is 7.33. The number of hydrogen-bond donors (Lipinski definition) is 0. The second kappa shape index (κ2) is 3.89. The SMILES string of the molecule is COc1ccc(OC)c(C=O)c1F. The van der Waals surface area contributed by atoms with E-state index in [9.17, 15) is 9.18 Å². The molecule has 0 aliphatic heterocycles. The van der Waals surface area contributed by atoms with E-state index in [0.29, 0.717) is 6.29 Å². The van der Waals surface area contributed by atoms with Gasteiger partial charge in [-0.15, -0.1) is 0 Å². The molecular weight excluding hydrogens is 175 g/mol. The van der Waals surface area contributed by atoms with E-state index < -0.39 is 5.82 Å². The lowest BCUT2D eigenvalue weighted by Crippen LogP contribution is -1.97. The van der Waals surface area contributed by atoms with Crippen LogP contribution in [0, 0.1) is 5.82 Å². The van der Waals surface area contributed by atoms with Crippen molar-refractivity contribution >= 4 is 6.29 Å². The molecule has 0 saturated heterocycles. The highest BCUT2D eigenvalue weighted by molar-refractivity contribution is 5.80. The zero-order chi connectivity index (χ0) is 9.84. The predicted octanol–water partition coefficient (Wildman–Crippen LogP) is 1.66. The molecule has 0 unspecified atom stereocenters. The molecule has 0 saturated carbocycles. The molecule has 0 N–H and O–H groups in total. The Labute approximate surface area is 75.1 Å². The highest BCUT2D eigenvalue weighted by atomic mass is 19.1. The molecule has 0 bridgehead atoms. The number of ether oxygens (including phenoxy) is 2. The lowest BCUT2D eigenvalue weighted by Gasteiger charge is -2.07. The molecule has 1 aromatic rings. The first kappa shape index (κ1) is 9.51. The normalized spacial score (nSPS) is 9.46. The lowest BCUT2D eigenvalue weighted by atomic mass is 10.2. The molecule has 0 atom stereocenters. The Kier molecular flexibility index (Phi) is 2.84. The Morgan fingerprint density at radius 1 is 1.23 bits per heavy atom. The van der Waals surface area contributed by atoms with E-state index in [1.165, 1.54) is 26.4 Å². The molecule has 1 aromatic carbocycles. The van der Waals surface area contributed by atoms with Crippen LogP contribution < -0.4 is 9.47 Å². The molecule has 4 heteroatoms. The van der Waals surface area contributed by atoms with Crippen LogP contribution in [0.4, 0.5) is 4.39 Å². The Hall–Kier alpha value is -1.58. The van der Waals surface area contributed by atoms with Crippen LogP contribution in [0.25, 0.3) is 0 Å². The molecule has 70 valence electrons. The molecule has 0 fully saturated rings. The highest BCUT2D eigenvalue weighted by Gasteiger charge is 2.13. The van der Waals surface area contributed by atoms with Crippen molar-refractivity contribution < 1.29 is 18.7 Å². The van der Waals surface area contributed by atoms with Crippen molar-refractivity contribution in [3.63, 3.8) is 0 Å². The van der Waals surface area contributed by atoms with Crippen molar-refractivity contribution in [2.24, 2.45) is 0 Å². The average Bonchev–Trinajstić information content (AvgIpc) is 2.17. The van der Waals surface area contributed by atoms with Gasteiger partial charge in [0.1, 0.15) is 5.75 Å². The number of halogens is 1. The van der Waals surface area contributed by atoms with Gasteiger partial charge >= 0.3 is 0 Å². The number of benzene rings is 1. The summed E-state index contributed by atoms with van der Waals surface area (Å²) in [6, 6.07) is 2.88. The number of carbonyl (C=O) groups excluding carboxylic acids is 1. The summed E-state index contributed by atoms with van der Waals surface area (Å²) < 4.78 is 22.8. The molecule has 3 nitrogen and oxygen atoms in total. The monoisotopic (exact) mass is 184 g/mol. The third-order valence-electron chi connectivity index (χ3n) is 1.66. The second-order valence-electron chi connectivity index (χ2n) is 2.32. The first-order valence-electron chi connectivity index (χ1n) is 3.60. The fourth-order valence-electron chi connectivity index (χ4n) is 1.00. The van der Waals surface area contributed by atoms with Gasteiger partial charge in [0.25, 0.3) is 0 Å². The van der Waals surface area contributed by atoms with E-state index >= 15 is 0 Å². The van der Waals surface area contributed by atoms with E-state index in [4.69, 9.17) is 9.47 Å². The van der Waals surface area contributed by atoms with Crippen molar-refractivity contribution in [3.05, 3.63) is 23.5 Å². The van der Waals surface area contributed by atoms with Crippen LogP contribution in [0.1, 0.15) is 10.4 Å². The van der Waals surface area contributed by atoms with Gasteiger partial charge in [-0.1, -0.05) is 0 Å². The molecule has 0 radical (unpaired) electrons. The van der Waals surface area contributed by atoms with Crippen LogP contribution in [0.3, 0.4) is 0 Å². The van der Waals surface area contributed by atoms with Crippen LogP contribution >= 0.6 is 0 Å². The molecule has 0 aliphatic rings. The summed E-state index contributed by atoms with van der Waals surface area (Å²) in [5.41, 5.74) is -0.123. The van der Waals surface area contributed by atoms with E-state index in [2.05, 4.69) is 0 Å². The standard InChI is InChI=1S/C9H9FO3/c1-12-7-3-4-8(13-2)9(10)6(7)5-11/h3-5H,1-2H3. The Morgan fingerprint density at radius 3 is 2.23 bits per heavy atom. The van der Waals surface area contributed by atoms with Gasteiger partial charge in [-0.05, 0) is 12.1 Å². The second-order valence-corrected chi connectivity index (χ2v) is 2.32. The Bertz CT molecular complexity index is 323. The summed E-state index contributed by atoms with van der Waals surface area (Å²) in [5.74, 6) is -0.465. The molecule has 1 rings (SSSR count). The van der Waals surface area contributed by atoms with Crippen molar-refractivity contribution in [2.75, 3.05) is 14.2 Å². The molecule has 13 heavy (non-hydrogen) atoms. The number of methoxy groups -OCH3 is 2. The predicted molar refractivity (Wildman–Crippen MR) is 44.9 cm³/mol. The number of rotatable bonds is 3. The van der Waals surface area contributed by atoms with Gasteiger partial charge in [-0.25, -0.2) is 4.39 Å². The van der Waals surface area contributed by atoms with Crippen LogP contribution in [0.5, 0.6) is 11.5 Å². The van der Waals surface area contributed by atoms with Crippen molar-refractivity contribution in [2.45, 2.75) is 0 Å². The number of aldehydes is 1. The fourth-order valence-corrected chi connectivity index (χ4v) is 1.00. The minimum Gasteiger partial charge on any atom is -0.496 e. The van der Waals surface area contributed by atoms with Gasteiger partial charge in [0.2, 0.25) is 0 Å². The summed E-state index contributed by atoms with van der Waals surface area (Å²) in [4.78, 5) is 10.5. The maximum absolute atomic E-state index is 13.3. The van der Waals surface area contributed by atoms with Crippen LogP contribution in [-0.4, -0.2) is 20.5 Å². The first-order chi connectivity index (χ1) is 6.24. The topological polar surface area (TPSA) is 35.5 Å². The molecule has 0 amide bonds. The largest absolute Gasteiger partial charge is 0.496 e. The summed E-state index contributed by atoms with van der Waals surface area (Å²) in [6.07, 6.45) is 0.399. The smallest absolute Gasteiger partial charge is 0.179 e. The maximum atomic E-state index is 13.3. The van der Waals surface area contributed by atoms with Gasteiger partial charge in [-0.3, -0.25) is 4.79 Å². The van der Waals surface area contributed by atoms with Crippen LogP contribution in [0.2, 0.25) is 0 Å². The first-order valence-corrected chi connectivity index (χ1v) is 3.60. The summed E-state index contributed by atoms with van der Waals surface area (Å²) >= 11 is 0. The minimum atomic E-state index is -0.697. The van der Waals surface area contributed by atoms with Crippen molar-refractivity contribution in [1.29, 1.82) is 0 Å². The summed E-state index contributed by atoms with van der Waals surface area (Å²) in [5, 5.41) is 0. The molecule has 0 heterocycles. The number of carbonyl (C=O) groups is 1. The summed E-state index contributed by atoms with van der Waals surface area (Å²) in [6.45, 7) is 0. The van der Waals surface area contributed by atoms with Gasteiger partial charge in [0, 0.05) is 0 Å². The lowest BCUT2D eigenvalue weighted by molar-refractivity contribution is 0.111. The van der Waals surface area contributed by atoms with Gasteiger partial charge < -0.3 is 9.47 Å². The van der Waals surface area contributed by atoms with Gasteiger partial charge in [0.05, 0.1) is 19.8 Å². The molecule has 0 aromatic heterocycles.